The van der Waals surface area contributed by atoms with E-state index in [1.807, 2.05) is 21.1 Å². The third-order valence-electron chi connectivity index (χ3n) is 12.9. The smallest absolute Gasteiger partial charge is 0.390 e. The number of carbonyl (C=O) groups is 1. The molecule has 0 aromatic heterocycles. The van der Waals surface area contributed by atoms with Crippen LogP contribution in [0.4, 0.5) is 0 Å². The van der Waals surface area contributed by atoms with Crippen LogP contribution in [0.15, 0.2) is 36.5 Å². The van der Waals surface area contributed by atoms with Crippen LogP contribution >= 0.6 is 7.82 Å². The molecule has 1 amide bonds. The van der Waals surface area contributed by atoms with Crippen molar-refractivity contribution in [2.75, 3.05) is 40.9 Å². The van der Waals surface area contributed by atoms with Crippen molar-refractivity contribution in [2.24, 2.45) is 0 Å². The lowest BCUT2D eigenvalue weighted by Crippen LogP contribution is -2.51. The molecule has 4 atom stereocenters. The van der Waals surface area contributed by atoms with Gasteiger partial charge in [0.15, 0.2) is 0 Å². The average Bonchev–Trinajstić information content (AvgIpc) is 3.29. The van der Waals surface area contributed by atoms with Crippen LogP contribution in [0.3, 0.4) is 0 Å². The molecule has 0 aromatic carbocycles. The summed E-state index contributed by atoms with van der Waals surface area (Å²) < 4.78 is 23.6. The van der Waals surface area contributed by atoms with Crippen LogP contribution in [0.25, 0.3) is 0 Å². The lowest BCUT2D eigenvalue weighted by Gasteiger charge is -2.28. The molecule has 0 saturated carbocycles. The van der Waals surface area contributed by atoms with E-state index in [4.69, 9.17) is 9.05 Å². The van der Waals surface area contributed by atoms with Gasteiger partial charge < -0.3 is 24.9 Å². The number of quaternary nitrogens is 1. The highest BCUT2D eigenvalue weighted by Crippen LogP contribution is 2.43. The number of aliphatic hydroxyl groups excluding tert-OH is 2. The average molecular weight is 969 g/mol. The zero-order valence-electron chi connectivity index (χ0n) is 44.8. The normalized spacial score (nSPS) is 14.7. The van der Waals surface area contributed by atoms with Crippen molar-refractivity contribution in [2.45, 2.75) is 283 Å². The Hall–Kier alpha value is -1.32. The molecule has 0 aliphatic carbocycles. The maximum atomic E-state index is 13.0. The standard InChI is InChI=1S/C57H111N2O7P/c1-6-8-10-12-14-16-18-20-21-22-23-24-25-26-27-28-29-30-31-32-33-34-35-36-37-38-40-42-44-46-48-50-56(61)58-54(53-66-67(63,64)65-52-51-59(3,4)5)57(62)55(60)49-47-45-43-41-39-19-17-15-13-11-9-7-2/h15,17,22-23,41,43,54-55,57,60,62H,6-14,16,18-21,24-40,42,44-53H2,1-5H3,(H-,58,61,63,64)/p+1/b17-15+,23-22-,43-41+. The Kier molecular flexibility index (Phi) is 47.4. The summed E-state index contributed by atoms with van der Waals surface area (Å²) in [6.07, 6.45) is 58.2. The second kappa shape index (κ2) is 48.3. The number of unbranched alkanes of at least 4 members (excludes halogenated alkanes) is 32. The molecule has 4 unspecified atom stereocenters. The second-order valence-corrected chi connectivity index (χ2v) is 22.2. The fraction of sp³-hybridized carbons (Fsp3) is 0.877. The maximum Gasteiger partial charge on any atom is 0.472 e. The van der Waals surface area contributed by atoms with E-state index in [0.29, 0.717) is 23.9 Å². The molecule has 0 aliphatic heterocycles. The van der Waals surface area contributed by atoms with Gasteiger partial charge in [0.05, 0.1) is 39.9 Å². The van der Waals surface area contributed by atoms with Crippen LogP contribution in [0.5, 0.6) is 0 Å². The number of nitrogens with one attached hydrogen (secondary N) is 1. The Labute approximate surface area is 415 Å². The Bertz CT molecular complexity index is 1210. The first-order valence-electron chi connectivity index (χ1n) is 28.4. The van der Waals surface area contributed by atoms with Crippen LogP contribution < -0.4 is 5.32 Å². The molecule has 0 aromatic rings. The van der Waals surface area contributed by atoms with Gasteiger partial charge in [-0.15, -0.1) is 0 Å². The Balaban J connectivity index is 4.11. The largest absolute Gasteiger partial charge is 0.472 e. The van der Waals surface area contributed by atoms with Crippen molar-refractivity contribution in [1.82, 2.24) is 5.32 Å². The minimum atomic E-state index is -4.43. The Morgan fingerprint density at radius 3 is 1.27 bits per heavy atom. The quantitative estimate of drug-likeness (QED) is 0.0207. The molecule has 396 valence electrons. The van der Waals surface area contributed by atoms with Gasteiger partial charge in [0, 0.05) is 6.42 Å². The monoisotopic (exact) mass is 968 g/mol. The van der Waals surface area contributed by atoms with Crippen molar-refractivity contribution in [3.05, 3.63) is 36.5 Å². The van der Waals surface area contributed by atoms with Crippen molar-refractivity contribution in [3.63, 3.8) is 0 Å². The van der Waals surface area contributed by atoms with E-state index in [1.165, 1.54) is 186 Å². The van der Waals surface area contributed by atoms with E-state index in [0.717, 1.165) is 44.9 Å². The number of phosphoric ester groups is 1. The van der Waals surface area contributed by atoms with E-state index < -0.39 is 32.7 Å². The van der Waals surface area contributed by atoms with Crippen molar-refractivity contribution < 1.29 is 38.0 Å². The molecule has 0 fully saturated rings. The Morgan fingerprint density at radius 2 is 0.851 bits per heavy atom. The van der Waals surface area contributed by atoms with Gasteiger partial charge in [-0.3, -0.25) is 13.8 Å². The highest BCUT2D eigenvalue weighted by Gasteiger charge is 2.31. The van der Waals surface area contributed by atoms with Gasteiger partial charge >= 0.3 is 7.82 Å². The molecule has 9 nitrogen and oxygen atoms in total. The number of rotatable bonds is 52. The van der Waals surface area contributed by atoms with Crippen LogP contribution in [0.2, 0.25) is 0 Å². The van der Waals surface area contributed by atoms with E-state index in [1.54, 1.807) is 0 Å². The lowest BCUT2D eigenvalue weighted by molar-refractivity contribution is -0.870. The molecule has 0 bridgehead atoms. The molecule has 0 heterocycles. The van der Waals surface area contributed by atoms with Crippen molar-refractivity contribution >= 4 is 13.7 Å². The SMILES string of the molecule is CCCCC/C=C/CC/C=C/CCCC(O)C(O)C(COP(=O)(O)OCC[N+](C)(C)C)NC(=O)CCCCCCCCCCCCCCCCCCCCC/C=C\CCCCCCCCCC. The third kappa shape index (κ3) is 49.5. The molecule has 0 radical (unpaired) electrons. The maximum absolute atomic E-state index is 13.0. The van der Waals surface area contributed by atoms with Crippen LogP contribution in [0, 0.1) is 0 Å². The summed E-state index contributed by atoms with van der Waals surface area (Å²) in [5, 5.41) is 24.7. The molecule has 67 heavy (non-hydrogen) atoms. The summed E-state index contributed by atoms with van der Waals surface area (Å²) in [6, 6.07) is -1.05. The van der Waals surface area contributed by atoms with Gasteiger partial charge in [-0.1, -0.05) is 217 Å². The molecule has 0 saturated heterocycles. The molecule has 0 spiro atoms. The van der Waals surface area contributed by atoms with Gasteiger partial charge in [0.25, 0.3) is 0 Å². The van der Waals surface area contributed by atoms with Crippen molar-refractivity contribution in [1.29, 1.82) is 0 Å². The molecule has 0 aliphatic rings. The van der Waals surface area contributed by atoms with Gasteiger partial charge in [-0.2, -0.15) is 0 Å². The number of hydrogen-bond acceptors (Lipinski definition) is 6. The van der Waals surface area contributed by atoms with E-state index >= 15 is 0 Å². The first-order chi connectivity index (χ1) is 32.4. The predicted octanol–water partition coefficient (Wildman–Crippen LogP) is 16.0. The second-order valence-electron chi connectivity index (χ2n) is 20.8. The molecular formula is C57H112N2O7P+. The highest BCUT2D eigenvalue weighted by molar-refractivity contribution is 7.47. The van der Waals surface area contributed by atoms with E-state index in [9.17, 15) is 24.5 Å². The number of allylic oxidation sites excluding steroid dienone is 6. The molecule has 10 heteroatoms. The number of nitrogens with zero attached hydrogens (tertiary/aromatic N) is 1. The summed E-state index contributed by atoms with van der Waals surface area (Å²) in [6.45, 7) is 4.56. The van der Waals surface area contributed by atoms with E-state index in [-0.39, 0.29) is 18.9 Å². The van der Waals surface area contributed by atoms with Gasteiger partial charge in [-0.25, -0.2) is 4.57 Å². The van der Waals surface area contributed by atoms with Crippen LogP contribution in [-0.2, 0) is 18.4 Å². The van der Waals surface area contributed by atoms with Gasteiger partial charge in [-0.05, 0) is 77.0 Å². The first-order valence-corrected chi connectivity index (χ1v) is 29.9. The predicted molar refractivity (Wildman–Crippen MR) is 287 cm³/mol. The number of carbonyl (C=O) groups excluding carboxylic acids is 1. The zero-order chi connectivity index (χ0) is 49.4. The summed E-state index contributed by atoms with van der Waals surface area (Å²) in [5.41, 5.74) is 0. The van der Waals surface area contributed by atoms with Crippen LogP contribution in [0.1, 0.15) is 264 Å². The van der Waals surface area contributed by atoms with Gasteiger partial charge in [0.1, 0.15) is 19.3 Å². The topological polar surface area (TPSA) is 125 Å². The number of amides is 1. The molecular weight excluding hydrogens is 856 g/mol. The first kappa shape index (κ1) is 65.7. The minimum Gasteiger partial charge on any atom is -0.390 e. The fourth-order valence-electron chi connectivity index (χ4n) is 8.39. The Morgan fingerprint density at radius 1 is 0.507 bits per heavy atom. The fourth-order valence-corrected chi connectivity index (χ4v) is 9.13. The van der Waals surface area contributed by atoms with Gasteiger partial charge in [0.2, 0.25) is 5.91 Å². The third-order valence-corrected chi connectivity index (χ3v) is 13.9. The summed E-state index contributed by atoms with van der Waals surface area (Å²) >= 11 is 0. The number of likely N-dealkylation sites (N-methyl/N-ethyl adjacent to an activating group) is 1. The highest BCUT2D eigenvalue weighted by atomic mass is 31.2. The lowest BCUT2D eigenvalue weighted by atomic mass is 10.0. The summed E-state index contributed by atoms with van der Waals surface area (Å²) in [7, 11) is 1.42. The van der Waals surface area contributed by atoms with E-state index in [2.05, 4.69) is 55.6 Å². The number of aliphatic hydroxyl groups is 2. The summed E-state index contributed by atoms with van der Waals surface area (Å²) in [5.74, 6) is -0.269. The molecule has 0 rings (SSSR count). The molecule has 4 N–H and O–H groups in total. The zero-order valence-corrected chi connectivity index (χ0v) is 45.7. The van der Waals surface area contributed by atoms with Crippen LogP contribution in [-0.4, -0.2) is 84.6 Å². The minimum absolute atomic E-state index is 0.0147. The summed E-state index contributed by atoms with van der Waals surface area (Å²) in [4.78, 5) is 23.3. The van der Waals surface area contributed by atoms with Crippen molar-refractivity contribution in [3.8, 4) is 0 Å². The number of hydrogen-bond donors (Lipinski definition) is 4. The number of phosphoric acid groups is 1.